The maximum absolute atomic E-state index is 12.2. The molecule has 0 aliphatic heterocycles. The third-order valence-corrected chi connectivity index (χ3v) is 4.02. The average molecular weight is 383 g/mol. The number of anilines is 1. The van der Waals surface area contributed by atoms with Crippen molar-refractivity contribution in [1.82, 2.24) is 10.6 Å². The zero-order chi connectivity index (χ0) is 20.4. The van der Waals surface area contributed by atoms with Crippen molar-refractivity contribution >= 4 is 17.6 Å². The SMILES string of the molecule is CCOc1ccccc1CCC(=O)NCc1ccc(NC(=O)NC(C)C)cc1. The van der Waals surface area contributed by atoms with E-state index in [1.807, 2.05) is 69.3 Å². The summed E-state index contributed by atoms with van der Waals surface area (Å²) < 4.78 is 5.59. The van der Waals surface area contributed by atoms with E-state index in [2.05, 4.69) is 16.0 Å². The number of carbonyl (C=O) groups excluding carboxylic acids is 2. The Bertz CT molecular complexity index is 773. The lowest BCUT2D eigenvalue weighted by Crippen LogP contribution is -2.34. The molecule has 28 heavy (non-hydrogen) atoms. The van der Waals surface area contributed by atoms with E-state index >= 15 is 0 Å². The van der Waals surface area contributed by atoms with Crippen LogP contribution in [0.3, 0.4) is 0 Å². The van der Waals surface area contributed by atoms with E-state index in [-0.39, 0.29) is 18.0 Å². The van der Waals surface area contributed by atoms with Gasteiger partial charge in [-0.3, -0.25) is 4.79 Å². The summed E-state index contributed by atoms with van der Waals surface area (Å²) in [6.45, 7) is 6.81. The third kappa shape index (κ3) is 7.31. The van der Waals surface area contributed by atoms with Crippen LogP contribution in [0.15, 0.2) is 48.5 Å². The number of carbonyl (C=O) groups is 2. The fourth-order valence-corrected chi connectivity index (χ4v) is 2.68. The standard InChI is InChI=1S/C22H29N3O3/c1-4-28-20-8-6-5-7-18(20)11-14-21(26)23-15-17-9-12-19(13-10-17)25-22(27)24-16(2)3/h5-10,12-13,16H,4,11,14-15H2,1-3H3,(H,23,26)(H2,24,25,27). The number of hydrogen-bond donors (Lipinski definition) is 3. The quantitative estimate of drug-likeness (QED) is 0.615. The molecule has 0 spiro atoms. The van der Waals surface area contributed by atoms with E-state index in [9.17, 15) is 9.59 Å². The van der Waals surface area contributed by atoms with Gasteiger partial charge in [-0.25, -0.2) is 4.79 Å². The Labute approximate surface area is 166 Å². The van der Waals surface area contributed by atoms with Gasteiger partial charge in [-0.15, -0.1) is 0 Å². The first-order chi connectivity index (χ1) is 13.5. The Morgan fingerprint density at radius 1 is 1.04 bits per heavy atom. The second-order valence-electron chi connectivity index (χ2n) is 6.77. The molecule has 2 aromatic rings. The number of hydrogen-bond acceptors (Lipinski definition) is 3. The fraction of sp³-hybridized carbons (Fsp3) is 0.364. The highest BCUT2D eigenvalue weighted by Gasteiger charge is 2.07. The molecule has 6 heteroatoms. The van der Waals surface area contributed by atoms with Gasteiger partial charge in [0, 0.05) is 24.7 Å². The van der Waals surface area contributed by atoms with Gasteiger partial charge in [0.05, 0.1) is 6.61 Å². The van der Waals surface area contributed by atoms with Crippen LogP contribution in [0.5, 0.6) is 5.75 Å². The van der Waals surface area contributed by atoms with Crippen molar-refractivity contribution in [1.29, 1.82) is 0 Å². The molecule has 0 aromatic heterocycles. The molecule has 3 N–H and O–H groups in total. The predicted octanol–water partition coefficient (Wildman–Crippen LogP) is 3.86. The number of nitrogens with one attached hydrogen (secondary N) is 3. The first-order valence-electron chi connectivity index (χ1n) is 9.61. The van der Waals surface area contributed by atoms with E-state index in [4.69, 9.17) is 4.74 Å². The Morgan fingerprint density at radius 2 is 1.75 bits per heavy atom. The molecular weight excluding hydrogens is 354 g/mol. The van der Waals surface area contributed by atoms with Crippen molar-refractivity contribution in [3.05, 3.63) is 59.7 Å². The minimum Gasteiger partial charge on any atom is -0.494 e. The topological polar surface area (TPSA) is 79.5 Å². The van der Waals surface area contributed by atoms with Gasteiger partial charge in [0.15, 0.2) is 0 Å². The third-order valence-electron chi connectivity index (χ3n) is 4.02. The minimum atomic E-state index is -0.233. The van der Waals surface area contributed by atoms with Crippen LogP contribution in [0, 0.1) is 0 Å². The van der Waals surface area contributed by atoms with Crippen molar-refractivity contribution in [3.8, 4) is 5.75 Å². The summed E-state index contributed by atoms with van der Waals surface area (Å²) in [5, 5.41) is 8.47. The Hall–Kier alpha value is -3.02. The largest absolute Gasteiger partial charge is 0.494 e. The summed E-state index contributed by atoms with van der Waals surface area (Å²) in [5.41, 5.74) is 2.72. The van der Waals surface area contributed by atoms with E-state index in [1.54, 1.807) is 0 Å². The molecule has 6 nitrogen and oxygen atoms in total. The van der Waals surface area contributed by atoms with E-state index in [1.165, 1.54) is 0 Å². The molecule has 150 valence electrons. The minimum absolute atomic E-state index is 0.00943. The molecule has 3 amide bonds. The van der Waals surface area contributed by atoms with Crippen LogP contribution >= 0.6 is 0 Å². The van der Waals surface area contributed by atoms with Crippen LogP contribution in [-0.4, -0.2) is 24.6 Å². The normalized spacial score (nSPS) is 10.4. The molecular formula is C22H29N3O3. The molecule has 0 saturated heterocycles. The number of benzene rings is 2. The number of aryl methyl sites for hydroxylation is 1. The number of ether oxygens (including phenoxy) is 1. The second kappa shape index (κ2) is 11.0. The highest BCUT2D eigenvalue weighted by molar-refractivity contribution is 5.89. The van der Waals surface area contributed by atoms with Crippen LogP contribution < -0.4 is 20.7 Å². The summed E-state index contributed by atoms with van der Waals surface area (Å²) in [6, 6.07) is 15.0. The molecule has 0 bridgehead atoms. The van der Waals surface area contributed by atoms with Gasteiger partial charge < -0.3 is 20.7 Å². The van der Waals surface area contributed by atoms with E-state index < -0.39 is 0 Å². The predicted molar refractivity (Wildman–Crippen MR) is 112 cm³/mol. The van der Waals surface area contributed by atoms with E-state index in [0.29, 0.717) is 31.7 Å². The Kier molecular flexibility index (Phi) is 8.34. The summed E-state index contributed by atoms with van der Waals surface area (Å²) in [6.07, 6.45) is 1.04. The van der Waals surface area contributed by atoms with Gasteiger partial charge >= 0.3 is 6.03 Å². The fourth-order valence-electron chi connectivity index (χ4n) is 2.68. The smallest absolute Gasteiger partial charge is 0.319 e. The van der Waals surface area contributed by atoms with Gasteiger partial charge in [-0.1, -0.05) is 30.3 Å². The van der Waals surface area contributed by atoms with Crippen LogP contribution in [0.1, 0.15) is 38.3 Å². The average Bonchev–Trinajstić information content (AvgIpc) is 2.66. The lowest BCUT2D eigenvalue weighted by molar-refractivity contribution is -0.121. The molecule has 0 radical (unpaired) electrons. The first-order valence-corrected chi connectivity index (χ1v) is 9.61. The molecule has 0 saturated carbocycles. The molecule has 0 aliphatic carbocycles. The molecule has 2 rings (SSSR count). The van der Waals surface area contributed by atoms with Gasteiger partial charge in [0.1, 0.15) is 5.75 Å². The van der Waals surface area contributed by atoms with Gasteiger partial charge in [-0.05, 0) is 56.5 Å². The van der Waals surface area contributed by atoms with Crippen LogP contribution in [0.4, 0.5) is 10.5 Å². The molecule has 0 unspecified atom stereocenters. The maximum Gasteiger partial charge on any atom is 0.319 e. The molecule has 0 fully saturated rings. The van der Waals surface area contributed by atoms with Crippen molar-refractivity contribution in [2.75, 3.05) is 11.9 Å². The summed E-state index contributed by atoms with van der Waals surface area (Å²) in [7, 11) is 0. The zero-order valence-electron chi connectivity index (χ0n) is 16.7. The van der Waals surface area contributed by atoms with Crippen molar-refractivity contribution in [3.63, 3.8) is 0 Å². The summed E-state index contributed by atoms with van der Waals surface area (Å²) in [5.74, 6) is 0.826. The van der Waals surface area contributed by atoms with Gasteiger partial charge in [0.2, 0.25) is 5.91 Å². The monoisotopic (exact) mass is 383 g/mol. The summed E-state index contributed by atoms with van der Waals surface area (Å²) >= 11 is 0. The van der Waals surface area contributed by atoms with Crippen LogP contribution in [0.2, 0.25) is 0 Å². The molecule has 0 atom stereocenters. The number of rotatable bonds is 9. The molecule has 2 aromatic carbocycles. The lowest BCUT2D eigenvalue weighted by atomic mass is 10.1. The van der Waals surface area contributed by atoms with Gasteiger partial charge in [0.25, 0.3) is 0 Å². The lowest BCUT2D eigenvalue weighted by Gasteiger charge is -2.11. The second-order valence-corrected chi connectivity index (χ2v) is 6.77. The molecule has 0 heterocycles. The maximum atomic E-state index is 12.2. The Morgan fingerprint density at radius 3 is 2.43 bits per heavy atom. The van der Waals surface area contributed by atoms with Crippen LogP contribution in [0.25, 0.3) is 0 Å². The molecule has 0 aliphatic rings. The van der Waals surface area contributed by atoms with E-state index in [0.717, 1.165) is 16.9 Å². The van der Waals surface area contributed by atoms with Crippen molar-refractivity contribution in [2.45, 2.75) is 46.2 Å². The Balaban J connectivity index is 1.77. The number of para-hydroxylation sites is 1. The highest BCUT2D eigenvalue weighted by atomic mass is 16.5. The zero-order valence-corrected chi connectivity index (χ0v) is 16.7. The van der Waals surface area contributed by atoms with Crippen molar-refractivity contribution in [2.24, 2.45) is 0 Å². The summed E-state index contributed by atoms with van der Waals surface area (Å²) in [4.78, 5) is 23.8. The van der Waals surface area contributed by atoms with Gasteiger partial charge in [-0.2, -0.15) is 0 Å². The van der Waals surface area contributed by atoms with Crippen LogP contribution in [-0.2, 0) is 17.8 Å². The number of amides is 3. The number of urea groups is 1. The first kappa shape index (κ1) is 21.3. The highest BCUT2D eigenvalue weighted by Crippen LogP contribution is 2.19. The van der Waals surface area contributed by atoms with Crippen molar-refractivity contribution < 1.29 is 14.3 Å².